The molecule has 1 aliphatic heterocycles. The van der Waals surface area contributed by atoms with Gasteiger partial charge in [-0.15, -0.1) is 0 Å². The summed E-state index contributed by atoms with van der Waals surface area (Å²) in [5, 5.41) is 3.83. The highest BCUT2D eigenvalue weighted by Crippen LogP contribution is 2.31. The third-order valence-corrected chi connectivity index (χ3v) is 3.92. The van der Waals surface area contributed by atoms with E-state index in [1.807, 2.05) is 24.3 Å². The number of carbonyl (C=O) groups is 1. The lowest BCUT2D eigenvalue weighted by atomic mass is 10.1. The lowest BCUT2D eigenvalue weighted by Gasteiger charge is -2.27. The van der Waals surface area contributed by atoms with Crippen molar-refractivity contribution >= 4 is 17.7 Å². The fourth-order valence-corrected chi connectivity index (χ4v) is 2.73. The van der Waals surface area contributed by atoms with E-state index in [2.05, 4.69) is 28.7 Å². The number of hydrogen-bond acceptors (Lipinski definition) is 5. The Morgan fingerprint density at radius 2 is 2.05 bits per heavy atom. The molecule has 0 fully saturated rings. The van der Waals surface area contributed by atoms with Crippen molar-refractivity contribution in [3.05, 3.63) is 29.8 Å². The van der Waals surface area contributed by atoms with Crippen LogP contribution in [0.1, 0.15) is 19.4 Å². The summed E-state index contributed by atoms with van der Waals surface area (Å²) in [6.07, 6.45) is 0.925. The molecule has 5 heteroatoms. The van der Waals surface area contributed by atoms with Gasteiger partial charge in [0.25, 0.3) is 0 Å². The smallest absolute Gasteiger partial charge is 0.148 e. The van der Waals surface area contributed by atoms with Crippen LogP contribution in [-0.4, -0.2) is 49.1 Å². The second-order valence-electron chi connectivity index (χ2n) is 4.83. The Labute approximate surface area is 120 Å². The van der Waals surface area contributed by atoms with E-state index >= 15 is 0 Å². The zero-order chi connectivity index (χ0) is 14.5. The van der Waals surface area contributed by atoms with Crippen molar-refractivity contribution in [2.45, 2.75) is 19.9 Å². The SMILES string of the molecule is CCN(CC)CCN1c2ccccc2/C(=N/N)C1C=O. The van der Waals surface area contributed by atoms with Crippen LogP contribution in [0.2, 0.25) is 0 Å². The van der Waals surface area contributed by atoms with Crippen LogP contribution < -0.4 is 10.7 Å². The van der Waals surface area contributed by atoms with E-state index in [9.17, 15) is 4.79 Å². The fraction of sp³-hybridized carbons (Fsp3) is 0.467. The van der Waals surface area contributed by atoms with E-state index in [0.29, 0.717) is 5.71 Å². The molecule has 0 aliphatic carbocycles. The lowest BCUT2D eigenvalue weighted by molar-refractivity contribution is -0.107. The van der Waals surface area contributed by atoms with E-state index < -0.39 is 0 Å². The minimum atomic E-state index is -0.368. The van der Waals surface area contributed by atoms with Crippen LogP contribution in [0.5, 0.6) is 0 Å². The van der Waals surface area contributed by atoms with Gasteiger partial charge in [0, 0.05) is 24.3 Å². The molecule has 0 saturated heterocycles. The zero-order valence-electron chi connectivity index (χ0n) is 12.1. The largest absolute Gasteiger partial charge is 0.355 e. The first-order valence-corrected chi connectivity index (χ1v) is 7.08. The molecule has 5 nitrogen and oxygen atoms in total. The number of likely N-dealkylation sites (N-methyl/N-ethyl adjacent to an activating group) is 1. The Morgan fingerprint density at radius 3 is 2.65 bits per heavy atom. The molecule has 20 heavy (non-hydrogen) atoms. The van der Waals surface area contributed by atoms with Crippen LogP contribution >= 0.6 is 0 Å². The molecule has 0 amide bonds. The van der Waals surface area contributed by atoms with Crippen LogP contribution in [0.15, 0.2) is 29.4 Å². The molecule has 2 rings (SSSR count). The molecule has 108 valence electrons. The first kappa shape index (κ1) is 14.5. The minimum absolute atomic E-state index is 0.368. The maximum atomic E-state index is 11.4. The Balaban J connectivity index is 2.25. The van der Waals surface area contributed by atoms with Crippen LogP contribution in [0.4, 0.5) is 5.69 Å². The van der Waals surface area contributed by atoms with Crippen molar-refractivity contribution in [1.29, 1.82) is 0 Å². The molecule has 0 radical (unpaired) electrons. The number of benzene rings is 1. The van der Waals surface area contributed by atoms with Crippen LogP contribution in [0.25, 0.3) is 0 Å². The monoisotopic (exact) mass is 274 g/mol. The van der Waals surface area contributed by atoms with E-state index in [0.717, 1.165) is 43.7 Å². The zero-order valence-corrected chi connectivity index (χ0v) is 12.1. The highest BCUT2D eigenvalue weighted by Gasteiger charge is 2.34. The second-order valence-corrected chi connectivity index (χ2v) is 4.83. The van der Waals surface area contributed by atoms with E-state index in [1.165, 1.54) is 0 Å². The molecule has 0 saturated carbocycles. The van der Waals surface area contributed by atoms with Gasteiger partial charge in [0.15, 0.2) is 0 Å². The lowest BCUT2D eigenvalue weighted by Crippen LogP contribution is -2.42. The van der Waals surface area contributed by atoms with Crippen LogP contribution in [0.3, 0.4) is 0 Å². The highest BCUT2D eigenvalue weighted by atomic mass is 16.1. The van der Waals surface area contributed by atoms with Gasteiger partial charge < -0.3 is 20.4 Å². The first-order valence-electron chi connectivity index (χ1n) is 7.08. The summed E-state index contributed by atoms with van der Waals surface area (Å²) in [6.45, 7) is 8.02. The number of para-hydroxylation sites is 1. The number of hydrogen-bond donors (Lipinski definition) is 1. The van der Waals surface area contributed by atoms with Gasteiger partial charge >= 0.3 is 0 Å². The van der Waals surface area contributed by atoms with E-state index in [1.54, 1.807) is 0 Å². The van der Waals surface area contributed by atoms with Gasteiger partial charge in [0.2, 0.25) is 0 Å². The van der Waals surface area contributed by atoms with E-state index in [4.69, 9.17) is 5.84 Å². The predicted molar refractivity (Wildman–Crippen MR) is 82.2 cm³/mol. The molecule has 1 aromatic rings. The third kappa shape index (κ3) is 2.54. The number of fused-ring (bicyclic) bond motifs is 1. The summed E-state index contributed by atoms with van der Waals surface area (Å²) in [6, 6.07) is 7.54. The number of aldehydes is 1. The molecule has 1 unspecified atom stereocenters. The van der Waals surface area contributed by atoms with Gasteiger partial charge in [-0.25, -0.2) is 0 Å². The molecule has 0 aromatic heterocycles. The average molecular weight is 274 g/mol. The Hall–Kier alpha value is -1.88. The number of nitrogens with two attached hydrogens (primary N) is 1. The van der Waals surface area contributed by atoms with E-state index in [-0.39, 0.29) is 6.04 Å². The maximum Gasteiger partial charge on any atom is 0.148 e. The molecule has 1 aromatic carbocycles. The number of anilines is 1. The third-order valence-electron chi connectivity index (χ3n) is 3.92. The minimum Gasteiger partial charge on any atom is -0.355 e. The van der Waals surface area contributed by atoms with Gasteiger partial charge in [-0.3, -0.25) is 0 Å². The summed E-state index contributed by atoms with van der Waals surface area (Å²) in [5.74, 6) is 5.48. The van der Waals surface area contributed by atoms with Gasteiger partial charge in [-0.2, -0.15) is 5.10 Å². The first-order chi connectivity index (χ1) is 9.76. The number of carbonyl (C=O) groups excluding carboxylic acids is 1. The molecular weight excluding hydrogens is 252 g/mol. The predicted octanol–water partition coefficient (Wildman–Crippen LogP) is 1.08. The number of nitrogens with zero attached hydrogens (tertiary/aromatic N) is 3. The normalized spacial score (nSPS) is 19.6. The van der Waals surface area contributed by atoms with Crippen LogP contribution in [-0.2, 0) is 4.79 Å². The fourth-order valence-electron chi connectivity index (χ4n) is 2.73. The summed E-state index contributed by atoms with van der Waals surface area (Å²) < 4.78 is 0. The van der Waals surface area contributed by atoms with Crippen molar-refractivity contribution in [3.8, 4) is 0 Å². The Bertz CT molecular complexity index is 496. The molecule has 2 N–H and O–H groups in total. The highest BCUT2D eigenvalue weighted by molar-refractivity contribution is 6.20. The molecule has 1 aliphatic rings. The Morgan fingerprint density at radius 1 is 1.35 bits per heavy atom. The maximum absolute atomic E-state index is 11.4. The van der Waals surface area contributed by atoms with Gasteiger partial charge in [-0.1, -0.05) is 32.0 Å². The average Bonchev–Trinajstić information content (AvgIpc) is 2.81. The number of hydrazone groups is 1. The van der Waals surface area contributed by atoms with Gasteiger partial charge in [0.1, 0.15) is 12.3 Å². The molecule has 0 bridgehead atoms. The van der Waals surface area contributed by atoms with Gasteiger partial charge in [0.05, 0.1) is 5.71 Å². The summed E-state index contributed by atoms with van der Waals surface area (Å²) >= 11 is 0. The van der Waals surface area contributed by atoms with Crippen molar-refractivity contribution in [1.82, 2.24) is 4.90 Å². The van der Waals surface area contributed by atoms with Gasteiger partial charge in [-0.05, 0) is 19.2 Å². The molecular formula is C15H22N4O. The summed E-state index contributed by atoms with van der Waals surface area (Å²) in [7, 11) is 0. The standard InChI is InChI=1S/C15H22N4O/c1-3-18(4-2)9-10-19-13-8-6-5-7-12(13)15(17-16)14(19)11-20/h5-8,11,14H,3-4,9-10,16H2,1-2H3/b17-15-. The molecule has 1 heterocycles. The van der Waals surface area contributed by atoms with Crippen molar-refractivity contribution in [2.24, 2.45) is 10.9 Å². The quantitative estimate of drug-likeness (QED) is 0.479. The summed E-state index contributed by atoms with van der Waals surface area (Å²) in [4.78, 5) is 15.9. The van der Waals surface area contributed by atoms with Crippen molar-refractivity contribution in [2.75, 3.05) is 31.1 Å². The molecule has 1 atom stereocenters. The van der Waals surface area contributed by atoms with Crippen molar-refractivity contribution < 1.29 is 4.79 Å². The topological polar surface area (TPSA) is 61.9 Å². The second kappa shape index (κ2) is 6.52. The summed E-state index contributed by atoms with van der Waals surface area (Å²) in [5.41, 5.74) is 2.67. The molecule has 0 spiro atoms. The number of rotatable bonds is 6. The Kier molecular flexibility index (Phi) is 4.74. The van der Waals surface area contributed by atoms with Crippen molar-refractivity contribution in [3.63, 3.8) is 0 Å². The van der Waals surface area contributed by atoms with Crippen LogP contribution in [0, 0.1) is 0 Å².